The van der Waals surface area contributed by atoms with Gasteiger partial charge in [0.2, 0.25) is 5.95 Å². The molecule has 0 radical (unpaired) electrons. The summed E-state index contributed by atoms with van der Waals surface area (Å²) in [6.45, 7) is 1.91. The summed E-state index contributed by atoms with van der Waals surface area (Å²) in [7, 11) is 0. The van der Waals surface area contributed by atoms with E-state index in [0.29, 0.717) is 31.2 Å². The first kappa shape index (κ1) is 17.8. The van der Waals surface area contributed by atoms with E-state index < -0.39 is 6.17 Å². The van der Waals surface area contributed by atoms with Crippen LogP contribution in [0.25, 0.3) is 16.9 Å². The van der Waals surface area contributed by atoms with Crippen LogP contribution in [0.5, 0.6) is 0 Å². The summed E-state index contributed by atoms with van der Waals surface area (Å²) < 4.78 is 20.9. The van der Waals surface area contributed by atoms with Crippen LogP contribution in [-0.2, 0) is 4.74 Å². The molecule has 2 aliphatic heterocycles. The smallest absolute Gasteiger partial charge is 0.243 e. The van der Waals surface area contributed by atoms with Crippen LogP contribution in [0, 0.1) is 17.2 Å². The minimum absolute atomic E-state index is 0.0393. The van der Waals surface area contributed by atoms with Crippen molar-refractivity contribution in [2.45, 2.75) is 25.1 Å². The van der Waals surface area contributed by atoms with Gasteiger partial charge < -0.3 is 15.0 Å². The van der Waals surface area contributed by atoms with Crippen LogP contribution < -0.4 is 10.2 Å². The molecule has 150 valence electrons. The van der Waals surface area contributed by atoms with Gasteiger partial charge in [-0.15, -0.1) is 5.10 Å². The summed E-state index contributed by atoms with van der Waals surface area (Å²) >= 11 is 0. The summed E-state index contributed by atoms with van der Waals surface area (Å²) in [5.41, 5.74) is 2.96. The predicted molar refractivity (Wildman–Crippen MR) is 102 cm³/mol. The molecule has 0 spiro atoms. The third-order valence-corrected chi connectivity index (χ3v) is 5.42. The second-order valence-electron chi connectivity index (χ2n) is 7.32. The topological polar surface area (TPSA) is 120 Å². The maximum absolute atomic E-state index is 14.1. The number of hydrogen-bond acceptors (Lipinski definition) is 8. The van der Waals surface area contributed by atoms with Gasteiger partial charge in [-0.25, -0.2) is 9.37 Å². The van der Waals surface area contributed by atoms with E-state index in [0.717, 1.165) is 29.9 Å². The van der Waals surface area contributed by atoms with Gasteiger partial charge in [0, 0.05) is 31.5 Å². The van der Waals surface area contributed by atoms with Crippen LogP contribution in [-0.4, -0.2) is 68.3 Å². The normalized spacial score (nSPS) is 24.7. The lowest BCUT2D eigenvalue weighted by Gasteiger charge is -2.26. The van der Waals surface area contributed by atoms with Crippen molar-refractivity contribution < 1.29 is 9.13 Å². The first-order valence-corrected chi connectivity index (χ1v) is 9.60. The van der Waals surface area contributed by atoms with Gasteiger partial charge in [0.15, 0.2) is 5.65 Å². The lowest BCUT2D eigenvalue weighted by Crippen LogP contribution is -2.39. The highest BCUT2D eigenvalue weighted by Crippen LogP contribution is 2.35. The van der Waals surface area contributed by atoms with Crippen molar-refractivity contribution in [3.8, 4) is 17.3 Å². The number of alkyl halides is 1. The second kappa shape index (κ2) is 7.29. The van der Waals surface area contributed by atoms with E-state index in [1.165, 1.54) is 0 Å². The lowest BCUT2D eigenvalue weighted by atomic mass is 10.1. The molecule has 10 nitrogen and oxygen atoms in total. The molecule has 2 fully saturated rings. The van der Waals surface area contributed by atoms with Gasteiger partial charge in [-0.3, -0.25) is 5.10 Å². The quantitative estimate of drug-likeness (QED) is 0.678. The molecule has 29 heavy (non-hydrogen) atoms. The molecule has 11 heteroatoms. The van der Waals surface area contributed by atoms with E-state index in [4.69, 9.17) is 4.74 Å². The van der Waals surface area contributed by atoms with Crippen LogP contribution >= 0.6 is 0 Å². The minimum Gasteiger partial charge on any atom is -0.378 e. The molecule has 3 aromatic rings. The number of hydrogen-bond donors (Lipinski definition) is 2. The predicted octanol–water partition coefficient (Wildman–Crippen LogP) is 1.40. The number of H-pyrrole nitrogens is 1. The molecule has 2 saturated heterocycles. The van der Waals surface area contributed by atoms with Gasteiger partial charge >= 0.3 is 0 Å². The maximum Gasteiger partial charge on any atom is 0.243 e. The summed E-state index contributed by atoms with van der Waals surface area (Å²) in [5.74, 6) is 0.311. The Kier molecular flexibility index (Phi) is 4.48. The lowest BCUT2D eigenvalue weighted by molar-refractivity contribution is 0.0284. The molecule has 3 aromatic heterocycles. The molecule has 0 amide bonds. The van der Waals surface area contributed by atoms with Crippen molar-refractivity contribution in [3.63, 3.8) is 0 Å². The number of ether oxygens (including phenoxy) is 1. The first-order valence-electron chi connectivity index (χ1n) is 9.60. The minimum atomic E-state index is -1.11. The maximum atomic E-state index is 14.1. The van der Waals surface area contributed by atoms with Crippen LogP contribution in [0.1, 0.15) is 12.8 Å². The Hall–Kier alpha value is -3.26. The first-order chi connectivity index (χ1) is 14.2. The highest BCUT2D eigenvalue weighted by Gasteiger charge is 2.30. The number of fused-ring (bicyclic) bond motifs is 1. The Balaban J connectivity index is 1.56. The van der Waals surface area contributed by atoms with Crippen LogP contribution in [0.2, 0.25) is 0 Å². The molecule has 5 rings (SSSR count). The zero-order valence-corrected chi connectivity index (χ0v) is 15.6. The van der Waals surface area contributed by atoms with Gasteiger partial charge in [0.25, 0.3) is 0 Å². The fourth-order valence-electron chi connectivity index (χ4n) is 3.89. The van der Waals surface area contributed by atoms with Gasteiger partial charge in [0.05, 0.1) is 30.8 Å². The standard InChI is InChI=1S/C18H20FN9O/c19-13-9-29-4-2-14(13)24-18-25-17-16(27-3-1-11(5-20)8-27)15(12-6-22-23-7-12)21-10-28(17)26-18/h6-7,10-11,13-14H,1-4,8-9H2,(H,22,23)(H,24,26)/t11-,13+,14-/m0/s1. The second-order valence-corrected chi connectivity index (χ2v) is 7.32. The molecule has 0 unspecified atom stereocenters. The summed E-state index contributed by atoms with van der Waals surface area (Å²) in [6, 6.07) is 1.95. The molecular formula is C18H20FN9O. The molecular weight excluding hydrogens is 377 g/mol. The molecule has 0 aromatic carbocycles. The molecule has 0 saturated carbocycles. The zero-order valence-electron chi connectivity index (χ0n) is 15.6. The van der Waals surface area contributed by atoms with E-state index in [9.17, 15) is 9.65 Å². The Bertz CT molecular complexity index is 1040. The van der Waals surface area contributed by atoms with Crippen molar-refractivity contribution in [1.82, 2.24) is 29.8 Å². The van der Waals surface area contributed by atoms with Crippen molar-refractivity contribution in [3.05, 3.63) is 18.7 Å². The van der Waals surface area contributed by atoms with E-state index in [1.807, 2.05) is 0 Å². The third kappa shape index (κ3) is 3.25. The fraction of sp³-hybridized carbons (Fsp3) is 0.500. The number of nitriles is 1. The van der Waals surface area contributed by atoms with Crippen molar-refractivity contribution >= 4 is 17.3 Å². The molecule has 0 aliphatic carbocycles. The molecule has 2 N–H and O–H groups in total. The molecule has 2 aliphatic rings. The average Bonchev–Trinajstić information content (AvgIpc) is 3.49. The van der Waals surface area contributed by atoms with Crippen LogP contribution in [0.4, 0.5) is 16.0 Å². The Morgan fingerprint density at radius 1 is 1.38 bits per heavy atom. The van der Waals surface area contributed by atoms with E-state index >= 15 is 0 Å². The highest BCUT2D eigenvalue weighted by atomic mass is 19.1. The largest absolute Gasteiger partial charge is 0.378 e. The Morgan fingerprint density at radius 3 is 3.07 bits per heavy atom. The third-order valence-electron chi connectivity index (χ3n) is 5.42. The number of rotatable bonds is 4. The highest BCUT2D eigenvalue weighted by molar-refractivity contribution is 5.85. The number of anilines is 2. The summed E-state index contributed by atoms with van der Waals surface area (Å²) in [4.78, 5) is 11.3. The van der Waals surface area contributed by atoms with Gasteiger partial charge in [-0.1, -0.05) is 0 Å². The number of halogens is 1. The van der Waals surface area contributed by atoms with Crippen molar-refractivity contribution in [2.75, 3.05) is 36.5 Å². The van der Waals surface area contributed by atoms with Crippen molar-refractivity contribution in [2.24, 2.45) is 5.92 Å². The Morgan fingerprint density at radius 2 is 2.31 bits per heavy atom. The van der Waals surface area contributed by atoms with Gasteiger partial charge in [0.1, 0.15) is 23.9 Å². The van der Waals surface area contributed by atoms with E-state index in [2.05, 4.69) is 41.5 Å². The van der Waals surface area contributed by atoms with Crippen LogP contribution in [0.15, 0.2) is 18.7 Å². The van der Waals surface area contributed by atoms with E-state index in [1.54, 1.807) is 23.2 Å². The van der Waals surface area contributed by atoms with Gasteiger partial charge in [-0.05, 0) is 12.8 Å². The van der Waals surface area contributed by atoms with Crippen LogP contribution in [0.3, 0.4) is 0 Å². The van der Waals surface area contributed by atoms with Crippen molar-refractivity contribution in [1.29, 1.82) is 5.26 Å². The number of aromatic nitrogens is 6. The Labute approximate surface area is 165 Å². The summed E-state index contributed by atoms with van der Waals surface area (Å²) in [6.07, 6.45) is 5.29. The monoisotopic (exact) mass is 397 g/mol. The SMILES string of the molecule is N#C[C@@H]1CCN(c2c(-c3cn[nH]c3)ncn3nc(N[C@H]4CCOC[C@H]4F)nc23)C1. The molecule has 3 atom stereocenters. The van der Waals surface area contributed by atoms with Gasteiger partial charge in [-0.2, -0.15) is 19.9 Å². The fourth-order valence-corrected chi connectivity index (χ4v) is 3.89. The number of nitrogens with one attached hydrogen (secondary N) is 2. The average molecular weight is 397 g/mol. The number of aromatic amines is 1. The summed E-state index contributed by atoms with van der Waals surface area (Å²) in [5, 5.41) is 23.7. The zero-order chi connectivity index (χ0) is 19.8. The van der Waals surface area contributed by atoms with E-state index in [-0.39, 0.29) is 18.6 Å². The molecule has 0 bridgehead atoms. The number of nitrogens with zero attached hydrogens (tertiary/aromatic N) is 7. The molecule has 5 heterocycles.